The minimum Gasteiger partial charge on any atom is -0.368 e. The SMILES string of the molecule is CC1NC(C(N)=O)C(C)(C)S1. The van der Waals surface area contributed by atoms with E-state index in [1.165, 1.54) is 0 Å². The number of amides is 1. The number of hydrogen-bond acceptors (Lipinski definition) is 3. The van der Waals surface area contributed by atoms with Gasteiger partial charge >= 0.3 is 0 Å². The van der Waals surface area contributed by atoms with E-state index in [4.69, 9.17) is 5.73 Å². The van der Waals surface area contributed by atoms with Crippen molar-refractivity contribution in [3.63, 3.8) is 0 Å². The third kappa shape index (κ3) is 1.68. The molecule has 1 fully saturated rings. The zero-order chi connectivity index (χ0) is 8.65. The van der Waals surface area contributed by atoms with E-state index in [0.717, 1.165) is 0 Å². The van der Waals surface area contributed by atoms with Crippen molar-refractivity contribution in [1.29, 1.82) is 0 Å². The summed E-state index contributed by atoms with van der Waals surface area (Å²) < 4.78 is -0.0642. The molecule has 1 amide bonds. The first-order valence-electron chi connectivity index (χ1n) is 3.66. The van der Waals surface area contributed by atoms with Gasteiger partial charge in [0.2, 0.25) is 5.91 Å². The molecule has 2 atom stereocenters. The van der Waals surface area contributed by atoms with Crippen LogP contribution < -0.4 is 11.1 Å². The lowest BCUT2D eigenvalue weighted by molar-refractivity contribution is -0.120. The Bertz CT molecular complexity index is 181. The van der Waals surface area contributed by atoms with Gasteiger partial charge in [-0.25, -0.2) is 0 Å². The second kappa shape index (κ2) is 2.68. The van der Waals surface area contributed by atoms with Crippen LogP contribution in [0.4, 0.5) is 0 Å². The third-order valence-electron chi connectivity index (χ3n) is 1.86. The van der Waals surface area contributed by atoms with Crippen molar-refractivity contribution in [2.24, 2.45) is 5.73 Å². The fourth-order valence-corrected chi connectivity index (χ4v) is 2.85. The molecule has 3 N–H and O–H groups in total. The molecule has 0 aromatic carbocycles. The normalized spacial score (nSPS) is 35.5. The molecule has 1 heterocycles. The second-order valence-electron chi connectivity index (χ2n) is 3.37. The molecule has 0 saturated carbocycles. The highest BCUT2D eigenvalue weighted by Crippen LogP contribution is 2.37. The Hall–Kier alpha value is -0.220. The summed E-state index contributed by atoms with van der Waals surface area (Å²) in [5.41, 5.74) is 5.22. The van der Waals surface area contributed by atoms with Crippen molar-refractivity contribution in [1.82, 2.24) is 5.32 Å². The Kier molecular flexibility index (Phi) is 2.16. The molecule has 64 valence electrons. The predicted molar refractivity (Wildman–Crippen MR) is 47.3 cm³/mol. The minimum atomic E-state index is -0.258. The molecular formula is C7H14N2OS. The predicted octanol–water partition coefficient (Wildman–Crippen LogP) is 0.301. The first kappa shape index (κ1) is 8.87. The molecule has 11 heavy (non-hydrogen) atoms. The van der Waals surface area contributed by atoms with Crippen LogP contribution in [0.1, 0.15) is 20.8 Å². The molecule has 1 aliphatic heterocycles. The number of carbonyl (C=O) groups is 1. The van der Waals surface area contributed by atoms with Crippen molar-refractivity contribution >= 4 is 17.7 Å². The van der Waals surface area contributed by atoms with E-state index in [2.05, 4.69) is 5.32 Å². The summed E-state index contributed by atoms with van der Waals surface area (Å²) in [6.45, 7) is 6.10. The topological polar surface area (TPSA) is 55.1 Å². The van der Waals surface area contributed by atoms with E-state index in [1.54, 1.807) is 11.8 Å². The highest BCUT2D eigenvalue weighted by Gasteiger charge is 2.42. The number of primary amides is 1. The maximum absolute atomic E-state index is 10.9. The van der Waals surface area contributed by atoms with E-state index in [1.807, 2.05) is 20.8 Å². The van der Waals surface area contributed by atoms with Crippen LogP contribution >= 0.6 is 11.8 Å². The van der Waals surface area contributed by atoms with Gasteiger partial charge in [-0.1, -0.05) is 0 Å². The van der Waals surface area contributed by atoms with Gasteiger partial charge in [-0.05, 0) is 20.8 Å². The average molecular weight is 174 g/mol. The van der Waals surface area contributed by atoms with Crippen LogP contribution in [0.25, 0.3) is 0 Å². The van der Waals surface area contributed by atoms with Crippen LogP contribution in [0.3, 0.4) is 0 Å². The first-order chi connectivity index (χ1) is 4.93. The Labute approximate surface area is 71.1 Å². The van der Waals surface area contributed by atoms with Crippen LogP contribution in [0, 0.1) is 0 Å². The van der Waals surface area contributed by atoms with Crippen molar-refractivity contribution < 1.29 is 4.79 Å². The van der Waals surface area contributed by atoms with Gasteiger partial charge in [-0.2, -0.15) is 0 Å². The highest BCUT2D eigenvalue weighted by molar-refractivity contribution is 8.01. The Morgan fingerprint density at radius 3 is 2.36 bits per heavy atom. The molecule has 1 aliphatic rings. The number of thioether (sulfide) groups is 1. The number of nitrogens with one attached hydrogen (secondary N) is 1. The van der Waals surface area contributed by atoms with Crippen LogP contribution in [-0.2, 0) is 4.79 Å². The summed E-state index contributed by atoms with van der Waals surface area (Å²) in [7, 11) is 0. The fourth-order valence-electron chi connectivity index (χ4n) is 1.42. The number of hydrogen-bond donors (Lipinski definition) is 2. The molecule has 0 aliphatic carbocycles. The minimum absolute atomic E-state index is 0.0642. The zero-order valence-corrected chi connectivity index (χ0v) is 7.87. The van der Waals surface area contributed by atoms with Gasteiger partial charge in [0.25, 0.3) is 0 Å². The smallest absolute Gasteiger partial charge is 0.236 e. The van der Waals surface area contributed by atoms with E-state index >= 15 is 0 Å². The second-order valence-corrected chi connectivity index (χ2v) is 5.36. The maximum Gasteiger partial charge on any atom is 0.236 e. The molecule has 0 radical (unpaired) electrons. The Balaban J connectivity index is 2.74. The Morgan fingerprint density at radius 2 is 2.18 bits per heavy atom. The monoisotopic (exact) mass is 174 g/mol. The lowest BCUT2D eigenvalue weighted by atomic mass is 10.0. The molecule has 3 nitrogen and oxygen atoms in total. The largest absolute Gasteiger partial charge is 0.368 e. The molecule has 1 rings (SSSR count). The van der Waals surface area contributed by atoms with Crippen LogP contribution in [0.15, 0.2) is 0 Å². The quantitative estimate of drug-likeness (QED) is 0.601. The molecular weight excluding hydrogens is 160 g/mol. The summed E-state index contributed by atoms with van der Waals surface area (Å²) in [6.07, 6.45) is 0. The van der Waals surface area contributed by atoms with Gasteiger partial charge < -0.3 is 5.73 Å². The molecule has 0 spiro atoms. The van der Waals surface area contributed by atoms with Gasteiger partial charge in [0.15, 0.2) is 0 Å². The Morgan fingerprint density at radius 1 is 1.64 bits per heavy atom. The number of rotatable bonds is 1. The van der Waals surface area contributed by atoms with E-state index in [0.29, 0.717) is 5.37 Å². The van der Waals surface area contributed by atoms with Crippen LogP contribution in [-0.4, -0.2) is 22.1 Å². The molecule has 0 aromatic rings. The van der Waals surface area contributed by atoms with Crippen molar-refractivity contribution in [3.8, 4) is 0 Å². The van der Waals surface area contributed by atoms with Gasteiger partial charge in [-0.15, -0.1) is 11.8 Å². The summed E-state index contributed by atoms with van der Waals surface area (Å²) in [6, 6.07) is -0.192. The van der Waals surface area contributed by atoms with Gasteiger partial charge in [0, 0.05) is 4.75 Å². The van der Waals surface area contributed by atoms with E-state index < -0.39 is 0 Å². The molecule has 2 unspecified atom stereocenters. The summed E-state index contributed by atoms with van der Waals surface area (Å²) in [5, 5.41) is 3.45. The average Bonchev–Trinajstić information content (AvgIpc) is 2.04. The molecule has 4 heteroatoms. The lowest BCUT2D eigenvalue weighted by Crippen LogP contribution is -2.48. The molecule has 0 bridgehead atoms. The summed E-state index contributed by atoms with van der Waals surface area (Å²) >= 11 is 1.75. The summed E-state index contributed by atoms with van der Waals surface area (Å²) in [5.74, 6) is -0.258. The van der Waals surface area contributed by atoms with Crippen LogP contribution in [0.2, 0.25) is 0 Å². The highest BCUT2D eigenvalue weighted by atomic mass is 32.2. The molecule has 0 aromatic heterocycles. The summed E-state index contributed by atoms with van der Waals surface area (Å²) in [4.78, 5) is 10.9. The number of carbonyl (C=O) groups excluding carboxylic acids is 1. The third-order valence-corrected chi connectivity index (χ3v) is 3.19. The van der Waals surface area contributed by atoms with E-state index in [-0.39, 0.29) is 16.7 Å². The lowest BCUT2D eigenvalue weighted by Gasteiger charge is -2.21. The van der Waals surface area contributed by atoms with Crippen molar-refractivity contribution in [3.05, 3.63) is 0 Å². The van der Waals surface area contributed by atoms with Gasteiger partial charge in [0.1, 0.15) is 6.04 Å². The van der Waals surface area contributed by atoms with Crippen LogP contribution in [0.5, 0.6) is 0 Å². The first-order valence-corrected chi connectivity index (χ1v) is 4.54. The van der Waals surface area contributed by atoms with Crippen molar-refractivity contribution in [2.45, 2.75) is 36.9 Å². The van der Waals surface area contributed by atoms with E-state index in [9.17, 15) is 4.79 Å². The maximum atomic E-state index is 10.9. The van der Waals surface area contributed by atoms with Crippen molar-refractivity contribution in [2.75, 3.05) is 0 Å². The standard InChI is InChI=1S/C7H14N2OS/c1-4-9-5(6(8)10)7(2,3)11-4/h4-5,9H,1-3H3,(H2,8,10). The molecule has 1 saturated heterocycles. The van der Waals surface area contributed by atoms with Gasteiger partial charge in [0.05, 0.1) is 5.37 Å². The van der Waals surface area contributed by atoms with Gasteiger partial charge in [-0.3, -0.25) is 10.1 Å². The fraction of sp³-hybridized carbons (Fsp3) is 0.857. The number of nitrogens with two attached hydrogens (primary N) is 1. The zero-order valence-electron chi connectivity index (χ0n) is 7.05.